The average Bonchev–Trinajstić information content (AvgIpc) is 3.48. The Hall–Kier alpha value is -3.69. The summed E-state index contributed by atoms with van der Waals surface area (Å²) in [6.45, 7) is 6.07. The molecule has 0 spiro atoms. The normalized spacial score (nSPS) is 11.2. The molecule has 0 bridgehead atoms. The predicted molar refractivity (Wildman–Crippen MR) is 145 cm³/mol. The third-order valence-corrected chi connectivity index (χ3v) is 7.62. The maximum atomic E-state index is 12.9. The maximum absolute atomic E-state index is 12.9. The number of para-hydroxylation sites is 1. The number of nitrogens with one attached hydrogen (secondary N) is 1. The second-order valence-electron chi connectivity index (χ2n) is 8.30. The van der Waals surface area contributed by atoms with E-state index in [1.54, 1.807) is 6.92 Å². The number of fused-ring (bicyclic) bond motifs is 3. The molecule has 0 unspecified atom stereocenters. The summed E-state index contributed by atoms with van der Waals surface area (Å²) >= 11 is 2.61. The van der Waals surface area contributed by atoms with Gasteiger partial charge in [0, 0.05) is 16.3 Å². The summed E-state index contributed by atoms with van der Waals surface area (Å²) in [4.78, 5) is 25.8. The third kappa shape index (κ3) is 4.59. The van der Waals surface area contributed by atoms with E-state index in [9.17, 15) is 9.59 Å². The number of carbonyl (C=O) groups is 2. The number of ether oxygens (including phenoxy) is 1. The molecular formula is C27H24N4O3S2. The summed E-state index contributed by atoms with van der Waals surface area (Å²) in [5, 5.41) is 15.6. The number of hydrogen-bond acceptors (Lipinski definition) is 7. The summed E-state index contributed by atoms with van der Waals surface area (Å²) in [5.41, 5.74) is 5.98. The van der Waals surface area contributed by atoms with E-state index in [-0.39, 0.29) is 18.3 Å². The minimum absolute atomic E-state index is 0.114. The molecule has 2 aromatic carbocycles. The van der Waals surface area contributed by atoms with Crippen molar-refractivity contribution in [1.29, 1.82) is 0 Å². The van der Waals surface area contributed by atoms with Gasteiger partial charge in [-0.2, -0.15) is 0 Å². The number of carbonyl (C=O) groups excluding carboxylic acids is 2. The molecule has 5 rings (SSSR count). The van der Waals surface area contributed by atoms with Crippen LogP contribution in [0.4, 0.5) is 5.00 Å². The highest BCUT2D eigenvalue weighted by Gasteiger charge is 2.23. The van der Waals surface area contributed by atoms with Crippen LogP contribution in [-0.2, 0) is 9.53 Å². The van der Waals surface area contributed by atoms with E-state index in [0.717, 1.165) is 38.8 Å². The molecule has 0 aliphatic rings. The van der Waals surface area contributed by atoms with Gasteiger partial charge in [-0.15, -0.1) is 21.5 Å². The number of aromatic nitrogens is 3. The molecule has 9 heteroatoms. The first-order chi connectivity index (χ1) is 17.5. The third-order valence-electron chi connectivity index (χ3n) is 5.79. The summed E-state index contributed by atoms with van der Waals surface area (Å²) in [6, 6.07) is 17.9. The van der Waals surface area contributed by atoms with Crippen molar-refractivity contribution in [2.45, 2.75) is 25.9 Å². The predicted octanol–water partition coefficient (Wildman–Crippen LogP) is 6.14. The van der Waals surface area contributed by atoms with Crippen molar-refractivity contribution in [2.75, 3.05) is 17.7 Å². The first kappa shape index (κ1) is 24.0. The summed E-state index contributed by atoms with van der Waals surface area (Å²) < 4.78 is 7.26. The molecule has 0 fully saturated rings. The number of pyridine rings is 1. The maximum Gasteiger partial charge on any atom is 0.341 e. The lowest BCUT2D eigenvalue weighted by Crippen LogP contribution is -2.16. The van der Waals surface area contributed by atoms with Gasteiger partial charge in [-0.25, -0.2) is 4.79 Å². The SMILES string of the molecule is CCOC(=O)c1c(-c2ccc(C)cc2)csc1NC(=O)CSc1nnc2cc(C)c3ccccc3n12. The number of aryl methyl sites for hydroxylation is 2. The zero-order valence-electron chi connectivity index (χ0n) is 20.1. The van der Waals surface area contributed by atoms with Gasteiger partial charge in [0.1, 0.15) is 10.6 Å². The van der Waals surface area contributed by atoms with E-state index in [1.807, 2.05) is 72.2 Å². The number of benzene rings is 2. The van der Waals surface area contributed by atoms with E-state index in [0.29, 0.717) is 15.7 Å². The van der Waals surface area contributed by atoms with Crippen LogP contribution >= 0.6 is 23.1 Å². The molecule has 0 atom stereocenters. The van der Waals surface area contributed by atoms with Crippen molar-refractivity contribution in [3.05, 3.63) is 76.7 Å². The molecule has 5 aromatic rings. The minimum Gasteiger partial charge on any atom is -0.462 e. The molecule has 0 aliphatic carbocycles. The smallest absolute Gasteiger partial charge is 0.341 e. The topological polar surface area (TPSA) is 85.6 Å². The number of nitrogens with zero attached hydrogens (tertiary/aromatic N) is 3. The Labute approximate surface area is 216 Å². The minimum atomic E-state index is -0.456. The lowest BCUT2D eigenvalue weighted by atomic mass is 10.0. The van der Waals surface area contributed by atoms with Crippen molar-refractivity contribution >= 4 is 56.5 Å². The zero-order chi connectivity index (χ0) is 25.2. The van der Waals surface area contributed by atoms with Crippen LogP contribution in [-0.4, -0.2) is 38.8 Å². The first-order valence-corrected chi connectivity index (χ1v) is 13.3. The largest absolute Gasteiger partial charge is 0.462 e. The molecule has 3 heterocycles. The highest BCUT2D eigenvalue weighted by Crippen LogP contribution is 2.36. The Balaban J connectivity index is 1.39. The Morgan fingerprint density at radius 1 is 1.08 bits per heavy atom. The van der Waals surface area contributed by atoms with Crippen molar-refractivity contribution in [3.63, 3.8) is 0 Å². The van der Waals surface area contributed by atoms with Gasteiger partial charge in [0.05, 0.1) is 17.9 Å². The molecule has 0 aliphatic heterocycles. The summed E-state index contributed by atoms with van der Waals surface area (Å²) in [5.74, 6) is -0.582. The Morgan fingerprint density at radius 2 is 1.86 bits per heavy atom. The fourth-order valence-electron chi connectivity index (χ4n) is 4.06. The Bertz CT molecular complexity index is 1590. The average molecular weight is 517 g/mol. The lowest BCUT2D eigenvalue weighted by molar-refractivity contribution is -0.113. The number of hydrogen-bond donors (Lipinski definition) is 1. The van der Waals surface area contributed by atoms with Crippen LogP contribution in [0, 0.1) is 13.8 Å². The van der Waals surface area contributed by atoms with Gasteiger partial charge in [-0.1, -0.05) is 59.8 Å². The van der Waals surface area contributed by atoms with Gasteiger partial charge in [0.25, 0.3) is 0 Å². The van der Waals surface area contributed by atoms with E-state index in [1.165, 1.54) is 23.1 Å². The Morgan fingerprint density at radius 3 is 2.64 bits per heavy atom. The summed E-state index contributed by atoms with van der Waals surface area (Å²) in [7, 11) is 0. The first-order valence-electron chi connectivity index (χ1n) is 11.5. The molecule has 0 saturated carbocycles. The van der Waals surface area contributed by atoms with E-state index in [4.69, 9.17) is 4.74 Å². The van der Waals surface area contributed by atoms with Crippen LogP contribution in [0.5, 0.6) is 0 Å². The van der Waals surface area contributed by atoms with Crippen molar-refractivity contribution in [1.82, 2.24) is 14.6 Å². The van der Waals surface area contributed by atoms with Gasteiger partial charge in [-0.05, 0) is 44.0 Å². The van der Waals surface area contributed by atoms with Gasteiger partial charge in [0.15, 0.2) is 10.8 Å². The van der Waals surface area contributed by atoms with Crippen molar-refractivity contribution in [2.24, 2.45) is 0 Å². The number of amides is 1. The highest BCUT2D eigenvalue weighted by molar-refractivity contribution is 7.99. The van der Waals surface area contributed by atoms with Crippen LogP contribution in [0.2, 0.25) is 0 Å². The number of rotatable bonds is 7. The Kier molecular flexibility index (Phi) is 6.75. The second kappa shape index (κ2) is 10.1. The molecule has 7 nitrogen and oxygen atoms in total. The van der Waals surface area contributed by atoms with E-state index in [2.05, 4.69) is 21.6 Å². The molecular weight excluding hydrogens is 492 g/mol. The second-order valence-corrected chi connectivity index (χ2v) is 10.1. The van der Waals surface area contributed by atoms with Crippen LogP contribution in [0.15, 0.2) is 65.1 Å². The van der Waals surface area contributed by atoms with Crippen molar-refractivity contribution < 1.29 is 14.3 Å². The van der Waals surface area contributed by atoms with Gasteiger partial charge in [-0.3, -0.25) is 9.20 Å². The van der Waals surface area contributed by atoms with Crippen molar-refractivity contribution in [3.8, 4) is 11.1 Å². The van der Waals surface area contributed by atoms with Gasteiger partial charge >= 0.3 is 5.97 Å². The van der Waals surface area contributed by atoms with Gasteiger partial charge < -0.3 is 10.1 Å². The fourth-order valence-corrected chi connectivity index (χ4v) is 5.79. The number of anilines is 1. The van der Waals surface area contributed by atoms with Gasteiger partial charge in [0.2, 0.25) is 5.91 Å². The molecule has 0 radical (unpaired) electrons. The number of thiophene rings is 1. The van der Waals surface area contributed by atoms with Crippen LogP contribution < -0.4 is 5.32 Å². The van der Waals surface area contributed by atoms with E-state index < -0.39 is 5.97 Å². The molecule has 3 aromatic heterocycles. The van der Waals surface area contributed by atoms with Crippen LogP contribution in [0.3, 0.4) is 0 Å². The van der Waals surface area contributed by atoms with E-state index >= 15 is 0 Å². The molecule has 182 valence electrons. The molecule has 36 heavy (non-hydrogen) atoms. The molecule has 0 saturated heterocycles. The highest BCUT2D eigenvalue weighted by atomic mass is 32.2. The fraction of sp³-hybridized carbons (Fsp3) is 0.185. The monoisotopic (exact) mass is 516 g/mol. The zero-order valence-corrected chi connectivity index (χ0v) is 21.7. The van der Waals surface area contributed by atoms with Crippen LogP contribution in [0.1, 0.15) is 28.4 Å². The molecule has 1 amide bonds. The lowest BCUT2D eigenvalue weighted by Gasteiger charge is -2.09. The number of esters is 1. The molecule has 1 N–H and O–H groups in total. The van der Waals surface area contributed by atoms with Crippen LogP contribution in [0.25, 0.3) is 27.7 Å². The quantitative estimate of drug-likeness (QED) is 0.207. The standard InChI is InChI=1S/C27H24N4O3S2/c1-4-34-26(33)24-20(18-11-9-16(2)10-12-18)14-35-25(24)28-23(32)15-36-27-30-29-22-13-17(3)19-7-5-6-8-21(19)31(22)27/h5-14H,4,15H2,1-3H3,(H,28,32). The number of thioether (sulfide) groups is 1. The summed E-state index contributed by atoms with van der Waals surface area (Å²) in [6.07, 6.45) is 0.